The van der Waals surface area contributed by atoms with Crippen molar-refractivity contribution in [1.29, 1.82) is 0 Å². The van der Waals surface area contributed by atoms with Crippen LogP contribution in [0.3, 0.4) is 0 Å². The van der Waals surface area contributed by atoms with E-state index in [9.17, 15) is 26.8 Å². The monoisotopic (exact) mass is 597 g/mol. The van der Waals surface area contributed by atoms with Gasteiger partial charge in [0, 0.05) is 35.6 Å². The maximum atomic E-state index is 14.9. The fourth-order valence-electron chi connectivity index (χ4n) is 3.98. The molecule has 0 aliphatic rings. The van der Waals surface area contributed by atoms with E-state index < -0.39 is 33.2 Å². The number of amides is 1. The predicted octanol–water partition coefficient (Wildman–Crippen LogP) is 4.44. The van der Waals surface area contributed by atoms with Crippen molar-refractivity contribution in [3.05, 3.63) is 106 Å². The maximum Gasteiger partial charge on any atom is 0.268 e. The van der Waals surface area contributed by atoms with Gasteiger partial charge in [0.1, 0.15) is 11.4 Å². The average Bonchev–Trinajstić information content (AvgIpc) is 3.25. The largest absolute Gasteiger partial charge is 0.452 e. The number of aromatic nitrogens is 3. The van der Waals surface area contributed by atoms with E-state index in [4.69, 9.17) is 15.0 Å². The molecule has 0 radical (unpaired) electrons. The lowest BCUT2D eigenvalue weighted by Gasteiger charge is -2.13. The molecule has 218 valence electrons. The minimum atomic E-state index is -3.67. The molecular weight excluding hydrogens is 572 g/mol. The Kier molecular flexibility index (Phi) is 8.40. The number of nitrogens with two attached hydrogens (primary N) is 1. The molecular formula is C28H25F2N5O6S. The minimum absolute atomic E-state index is 0.0954. The highest BCUT2D eigenvalue weighted by Crippen LogP contribution is 2.33. The van der Waals surface area contributed by atoms with Crippen molar-refractivity contribution in [2.75, 3.05) is 17.3 Å². The van der Waals surface area contributed by atoms with E-state index in [1.54, 1.807) is 43.0 Å². The molecule has 0 atom stereocenters. The van der Waals surface area contributed by atoms with Crippen molar-refractivity contribution >= 4 is 38.3 Å². The summed E-state index contributed by atoms with van der Waals surface area (Å²) in [5.74, 6) is -1.74. The Labute approximate surface area is 238 Å². The number of ether oxygens (including phenoxy) is 1. The van der Waals surface area contributed by atoms with Crippen LogP contribution in [-0.2, 0) is 17.2 Å². The van der Waals surface area contributed by atoms with Gasteiger partial charge in [-0.3, -0.25) is 23.4 Å². The summed E-state index contributed by atoms with van der Waals surface area (Å²) in [6.45, 7) is 1.69. The zero-order chi connectivity index (χ0) is 30.8. The molecule has 42 heavy (non-hydrogen) atoms. The number of fused-ring (bicyclic) bond motifs is 1. The lowest BCUT2D eigenvalue weighted by atomic mass is 10.2. The second-order valence-electron chi connectivity index (χ2n) is 9.16. The first kappa shape index (κ1) is 29.9. The topological polar surface area (TPSA) is 159 Å². The van der Waals surface area contributed by atoms with Gasteiger partial charge in [-0.2, -0.15) is 13.5 Å². The third kappa shape index (κ3) is 6.97. The van der Waals surface area contributed by atoms with Crippen LogP contribution >= 0.6 is 0 Å². The van der Waals surface area contributed by atoms with Crippen molar-refractivity contribution in [3.63, 3.8) is 0 Å². The van der Waals surface area contributed by atoms with E-state index in [1.165, 1.54) is 47.0 Å². The van der Waals surface area contributed by atoms with Gasteiger partial charge in [-0.15, -0.1) is 0 Å². The number of nitrogens with zero attached hydrogens (tertiary/aromatic N) is 3. The number of nitrogen functional groups attached to an aromatic ring is 1. The standard InChI is InChI=1S/C27H21F2N5O3.CH4O3S/c1-15-3-9-20(27(36)34(15)19-7-4-17(28)5-8-19)26(35)32-18-6-10-24(21(29)12-18)37-25-11-16-14-31-33(2)23(16)13-22(25)30;1-5(2,3)4/h3-14H,30H2,1-2H3,(H,32,35);1H3,(H,2,3,4). The Balaban J connectivity index is 0.000000748. The van der Waals surface area contributed by atoms with Crippen molar-refractivity contribution < 1.29 is 31.3 Å². The predicted molar refractivity (Wildman–Crippen MR) is 154 cm³/mol. The summed E-state index contributed by atoms with van der Waals surface area (Å²) in [5.41, 5.74) is 7.52. The Bertz CT molecular complexity index is 1960. The summed E-state index contributed by atoms with van der Waals surface area (Å²) in [5, 5.41) is 7.47. The molecule has 2 aromatic heterocycles. The van der Waals surface area contributed by atoms with Crippen LogP contribution in [0.15, 0.2) is 77.7 Å². The number of hydrogen-bond acceptors (Lipinski definition) is 7. The normalized spacial score (nSPS) is 11.1. The van der Waals surface area contributed by atoms with Gasteiger partial charge >= 0.3 is 0 Å². The van der Waals surface area contributed by atoms with Crippen LogP contribution < -0.4 is 21.3 Å². The number of aryl methyl sites for hydroxylation is 2. The van der Waals surface area contributed by atoms with E-state index in [1.807, 2.05) is 0 Å². The van der Waals surface area contributed by atoms with Crippen LogP contribution in [-0.4, -0.2) is 39.5 Å². The first-order chi connectivity index (χ1) is 19.7. The van der Waals surface area contributed by atoms with Crippen LogP contribution in [0.25, 0.3) is 16.6 Å². The van der Waals surface area contributed by atoms with Gasteiger partial charge in [-0.05, 0) is 67.6 Å². The van der Waals surface area contributed by atoms with Crippen LogP contribution in [0.5, 0.6) is 11.5 Å². The van der Waals surface area contributed by atoms with E-state index in [2.05, 4.69) is 10.4 Å². The van der Waals surface area contributed by atoms with E-state index in [0.717, 1.165) is 17.0 Å². The molecule has 0 saturated heterocycles. The summed E-state index contributed by atoms with van der Waals surface area (Å²) in [4.78, 5) is 25.9. The number of rotatable bonds is 5. The van der Waals surface area contributed by atoms with Crippen LogP contribution in [0.1, 0.15) is 16.1 Å². The zero-order valence-corrected chi connectivity index (χ0v) is 23.3. The molecule has 0 aliphatic heterocycles. The fraction of sp³-hybridized carbons (Fsp3) is 0.107. The van der Waals surface area contributed by atoms with Crippen LogP contribution in [0, 0.1) is 18.6 Å². The van der Waals surface area contributed by atoms with Crippen molar-refractivity contribution in [1.82, 2.24) is 14.3 Å². The van der Waals surface area contributed by atoms with Gasteiger partial charge in [0.05, 0.1) is 23.7 Å². The van der Waals surface area contributed by atoms with E-state index >= 15 is 0 Å². The molecule has 5 rings (SSSR count). The Morgan fingerprint density at radius 3 is 2.33 bits per heavy atom. The summed E-state index contributed by atoms with van der Waals surface area (Å²) < 4.78 is 62.7. The third-order valence-electron chi connectivity index (χ3n) is 5.89. The van der Waals surface area contributed by atoms with Crippen molar-refractivity contribution in [3.8, 4) is 17.2 Å². The molecule has 0 bridgehead atoms. The second-order valence-corrected chi connectivity index (χ2v) is 10.6. The van der Waals surface area contributed by atoms with Gasteiger partial charge in [0.25, 0.3) is 21.6 Å². The molecule has 0 saturated carbocycles. The molecule has 0 aliphatic carbocycles. The van der Waals surface area contributed by atoms with E-state index in [-0.39, 0.29) is 22.7 Å². The first-order valence-electron chi connectivity index (χ1n) is 12.1. The fourth-order valence-corrected chi connectivity index (χ4v) is 3.98. The summed E-state index contributed by atoms with van der Waals surface area (Å²) >= 11 is 0. The highest BCUT2D eigenvalue weighted by molar-refractivity contribution is 7.85. The zero-order valence-electron chi connectivity index (χ0n) is 22.5. The molecule has 0 unspecified atom stereocenters. The highest BCUT2D eigenvalue weighted by Gasteiger charge is 2.17. The molecule has 0 spiro atoms. The number of hydrogen-bond donors (Lipinski definition) is 3. The Morgan fingerprint density at radius 2 is 1.69 bits per heavy atom. The minimum Gasteiger partial charge on any atom is -0.452 e. The van der Waals surface area contributed by atoms with Gasteiger partial charge < -0.3 is 15.8 Å². The second kappa shape index (κ2) is 11.8. The van der Waals surface area contributed by atoms with Gasteiger partial charge in [0.15, 0.2) is 17.3 Å². The number of nitrogens with one attached hydrogen (secondary N) is 1. The third-order valence-corrected chi connectivity index (χ3v) is 5.89. The number of halogens is 2. The molecule has 14 heteroatoms. The van der Waals surface area contributed by atoms with Gasteiger partial charge in [-0.1, -0.05) is 0 Å². The highest BCUT2D eigenvalue weighted by atomic mass is 32.2. The van der Waals surface area contributed by atoms with Gasteiger partial charge in [0.2, 0.25) is 0 Å². The van der Waals surface area contributed by atoms with Crippen LogP contribution in [0.4, 0.5) is 20.2 Å². The number of pyridine rings is 1. The average molecular weight is 598 g/mol. The smallest absolute Gasteiger partial charge is 0.268 e. The summed E-state index contributed by atoms with van der Waals surface area (Å²) in [7, 11) is -1.89. The molecule has 1 amide bonds. The lowest BCUT2D eigenvalue weighted by molar-refractivity contribution is 0.102. The Hall–Kier alpha value is -5.08. The summed E-state index contributed by atoms with van der Waals surface area (Å²) in [6, 6.07) is 15.5. The lowest BCUT2D eigenvalue weighted by Crippen LogP contribution is -2.29. The number of carbonyl (C=O) groups is 1. The van der Waals surface area contributed by atoms with Gasteiger partial charge in [-0.25, -0.2) is 8.78 Å². The molecule has 3 aromatic carbocycles. The molecule has 4 N–H and O–H groups in total. The molecule has 0 fully saturated rings. The van der Waals surface area contributed by atoms with Crippen LogP contribution in [0.2, 0.25) is 0 Å². The quantitative estimate of drug-likeness (QED) is 0.198. The Morgan fingerprint density at radius 1 is 1.02 bits per heavy atom. The first-order valence-corrected chi connectivity index (χ1v) is 14.0. The number of carbonyl (C=O) groups excluding carboxylic acids is 1. The van der Waals surface area contributed by atoms with Crippen molar-refractivity contribution in [2.45, 2.75) is 6.92 Å². The number of anilines is 2. The van der Waals surface area contributed by atoms with E-state index in [0.29, 0.717) is 23.3 Å². The molecule has 2 heterocycles. The summed E-state index contributed by atoms with van der Waals surface area (Å²) in [6.07, 6.45) is 2.36. The maximum absolute atomic E-state index is 14.9. The SMILES string of the molecule is CS(=O)(=O)O.Cc1ccc(C(=O)Nc2ccc(Oc3cc4cnn(C)c4cc3N)c(F)c2)c(=O)n1-c1ccc(F)cc1. The molecule has 5 aromatic rings. The van der Waals surface area contributed by atoms with Crippen molar-refractivity contribution in [2.24, 2.45) is 7.05 Å². The molecule has 11 nitrogen and oxygen atoms in total. The number of benzene rings is 3.